The average Bonchev–Trinajstić information content (AvgIpc) is 3.28. The molecule has 3 aromatic rings. The smallest absolute Gasteiger partial charge is 0.248 e. The molecule has 0 aliphatic heterocycles. The SMILES string of the molecule is Cn1nnc(-c2ccc(C(C(=O)Nc3cncc(Cl)n3)C3CCC(F)(F)C3)cc2)n1. The lowest BCUT2D eigenvalue weighted by Gasteiger charge is -2.23. The van der Waals surface area contributed by atoms with Crippen molar-refractivity contribution in [1.82, 2.24) is 30.2 Å². The molecule has 1 aliphatic rings. The van der Waals surface area contributed by atoms with Crippen LogP contribution in [0.15, 0.2) is 36.7 Å². The van der Waals surface area contributed by atoms with Crippen molar-refractivity contribution in [3.63, 3.8) is 0 Å². The van der Waals surface area contributed by atoms with E-state index in [2.05, 4.69) is 30.7 Å². The number of hydrogen-bond donors (Lipinski definition) is 1. The van der Waals surface area contributed by atoms with E-state index < -0.39 is 23.7 Å². The second kappa shape index (κ2) is 8.02. The van der Waals surface area contributed by atoms with Gasteiger partial charge in [-0.25, -0.2) is 13.8 Å². The first-order valence-corrected chi connectivity index (χ1v) is 9.69. The average molecular weight is 434 g/mol. The first-order valence-electron chi connectivity index (χ1n) is 9.31. The monoisotopic (exact) mass is 433 g/mol. The first kappa shape index (κ1) is 20.3. The summed E-state index contributed by atoms with van der Waals surface area (Å²) in [4.78, 5) is 22.3. The van der Waals surface area contributed by atoms with Crippen LogP contribution in [-0.2, 0) is 11.8 Å². The number of alkyl halides is 2. The normalized spacial score (nSPS) is 18.9. The number of carbonyl (C=O) groups excluding carboxylic acids is 1. The Labute approximate surface area is 175 Å². The van der Waals surface area contributed by atoms with Gasteiger partial charge in [0.1, 0.15) is 5.15 Å². The number of tetrazole rings is 1. The highest BCUT2D eigenvalue weighted by atomic mass is 35.5. The van der Waals surface area contributed by atoms with E-state index in [4.69, 9.17) is 11.6 Å². The summed E-state index contributed by atoms with van der Waals surface area (Å²) in [6.45, 7) is 0. The molecule has 2 atom stereocenters. The van der Waals surface area contributed by atoms with Crippen molar-refractivity contribution in [1.29, 1.82) is 0 Å². The summed E-state index contributed by atoms with van der Waals surface area (Å²) < 4.78 is 27.8. The highest BCUT2D eigenvalue weighted by Gasteiger charge is 2.45. The van der Waals surface area contributed by atoms with Crippen molar-refractivity contribution in [2.45, 2.75) is 31.1 Å². The Hall–Kier alpha value is -3.01. The van der Waals surface area contributed by atoms with Gasteiger partial charge in [-0.1, -0.05) is 35.9 Å². The maximum absolute atomic E-state index is 13.9. The molecule has 1 aromatic carbocycles. The number of anilines is 1. The molecule has 11 heteroatoms. The molecule has 2 heterocycles. The number of nitrogens with one attached hydrogen (secondary N) is 1. The number of rotatable bonds is 5. The summed E-state index contributed by atoms with van der Waals surface area (Å²) >= 11 is 5.82. The van der Waals surface area contributed by atoms with E-state index in [0.717, 1.165) is 0 Å². The fourth-order valence-electron chi connectivity index (χ4n) is 3.75. The van der Waals surface area contributed by atoms with Crippen LogP contribution in [-0.4, -0.2) is 42.0 Å². The zero-order chi connectivity index (χ0) is 21.3. The van der Waals surface area contributed by atoms with Gasteiger partial charge in [0.05, 0.1) is 25.4 Å². The molecule has 1 fully saturated rings. The third-order valence-electron chi connectivity index (χ3n) is 5.09. The molecule has 2 aromatic heterocycles. The minimum atomic E-state index is -2.78. The highest BCUT2D eigenvalue weighted by molar-refractivity contribution is 6.29. The third kappa shape index (κ3) is 4.43. The van der Waals surface area contributed by atoms with Crippen LogP contribution in [0.25, 0.3) is 11.4 Å². The zero-order valence-corrected chi connectivity index (χ0v) is 16.7. The lowest BCUT2D eigenvalue weighted by molar-refractivity contribution is -0.118. The number of amides is 1. The van der Waals surface area contributed by atoms with E-state index in [1.54, 1.807) is 31.3 Å². The Morgan fingerprint density at radius 2 is 2.07 bits per heavy atom. The summed E-state index contributed by atoms with van der Waals surface area (Å²) in [6, 6.07) is 6.96. The van der Waals surface area contributed by atoms with Gasteiger partial charge in [0.15, 0.2) is 5.82 Å². The van der Waals surface area contributed by atoms with Gasteiger partial charge in [-0.15, -0.1) is 10.2 Å². The molecule has 0 spiro atoms. The fourth-order valence-corrected chi connectivity index (χ4v) is 3.90. The predicted octanol–water partition coefficient (Wildman–Crippen LogP) is 3.48. The van der Waals surface area contributed by atoms with E-state index in [-0.39, 0.29) is 30.2 Å². The van der Waals surface area contributed by atoms with E-state index in [1.165, 1.54) is 17.2 Å². The predicted molar refractivity (Wildman–Crippen MR) is 105 cm³/mol. The Bertz CT molecular complexity index is 1060. The lowest BCUT2D eigenvalue weighted by Crippen LogP contribution is -2.28. The molecule has 0 saturated heterocycles. The molecule has 156 valence electrons. The van der Waals surface area contributed by atoms with Crippen molar-refractivity contribution in [2.24, 2.45) is 13.0 Å². The number of halogens is 3. The van der Waals surface area contributed by atoms with Gasteiger partial charge in [0.25, 0.3) is 0 Å². The minimum Gasteiger partial charge on any atom is -0.309 e. The molecule has 1 amide bonds. The van der Waals surface area contributed by atoms with Crippen LogP contribution in [0.1, 0.15) is 30.7 Å². The van der Waals surface area contributed by atoms with Crippen molar-refractivity contribution in [2.75, 3.05) is 5.32 Å². The van der Waals surface area contributed by atoms with Gasteiger partial charge in [-0.3, -0.25) is 9.78 Å². The number of carbonyl (C=O) groups is 1. The van der Waals surface area contributed by atoms with Crippen LogP contribution < -0.4 is 5.32 Å². The topological polar surface area (TPSA) is 98.5 Å². The fraction of sp³-hybridized carbons (Fsp3) is 0.368. The van der Waals surface area contributed by atoms with Gasteiger partial charge in [0, 0.05) is 18.4 Å². The van der Waals surface area contributed by atoms with Gasteiger partial charge in [-0.05, 0) is 23.1 Å². The van der Waals surface area contributed by atoms with Gasteiger partial charge in [0.2, 0.25) is 17.7 Å². The first-order chi connectivity index (χ1) is 14.3. The zero-order valence-electron chi connectivity index (χ0n) is 16.0. The minimum absolute atomic E-state index is 0.123. The Kier molecular flexibility index (Phi) is 5.42. The summed E-state index contributed by atoms with van der Waals surface area (Å²) in [6.07, 6.45) is 2.36. The van der Waals surface area contributed by atoms with Crippen LogP contribution in [0.5, 0.6) is 0 Å². The third-order valence-corrected chi connectivity index (χ3v) is 5.27. The quantitative estimate of drug-likeness (QED) is 0.661. The molecular weight excluding hydrogens is 416 g/mol. The highest BCUT2D eigenvalue weighted by Crippen LogP contribution is 2.45. The van der Waals surface area contributed by atoms with Gasteiger partial charge < -0.3 is 5.32 Å². The number of aryl methyl sites for hydroxylation is 1. The van der Waals surface area contributed by atoms with Gasteiger partial charge in [-0.2, -0.15) is 4.80 Å². The number of benzene rings is 1. The lowest BCUT2D eigenvalue weighted by atomic mass is 9.83. The standard InChI is InChI=1S/C19H18ClF2N7O/c1-29-27-17(26-28-29)12-4-2-11(3-5-12)16(13-6-7-19(21,22)8-13)18(30)25-15-10-23-9-14(20)24-15/h2-5,9-10,13,16H,6-8H2,1H3,(H,24,25,30). The molecule has 1 aliphatic carbocycles. The number of nitrogens with zero attached hydrogens (tertiary/aromatic N) is 6. The number of aromatic nitrogens is 6. The van der Waals surface area contributed by atoms with Crippen LogP contribution in [0.3, 0.4) is 0 Å². The summed E-state index contributed by atoms with van der Waals surface area (Å²) in [5.41, 5.74) is 1.33. The maximum atomic E-state index is 13.9. The van der Waals surface area contributed by atoms with E-state index in [0.29, 0.717) is 17.0 Å². The van der Waals surface area contributed by atoms with Crippen LogP contribution in [0.4, 0.5) is 14.6 Å². The molecule has 8 nitrogen and oxygen atoms in total. The molecule has 4 rings (SSSR count). The summed E-state index contributed by atoms with van der Waals surface area (Å²) in [5, 5.41) is 14.7. The van der Waals surface area contributed by atoms with Crippen molar-refractivity contribution in [3.05, 3.63) is 47.4 Å². The molecule has 1 N–H and O–H groups in total. The number of hydrogen-bond acceptors (Lipinski definition) is 6. The second-order valence-electron chi connectivity index (χ2n) is 7.28. The van der Waals surface area contributed by atoms with Crippen molar-refractivity contribution >= 4 is 23.3 Å². The van der Waals surface area contributed by atoms with Crippen LogP contribution >= 0.6 is 11.6 Å². The van der Waals surface area contributed by atoms with Crippen LogP contribution in [0, 0.1) is 5.92 Å². The molecule has 0 bridgehead atoms. The molecule has 30 heavy (non-hydrogen) atoms. The summed E-state index contributed by atoms with van der Waals surface area (Å²) in [5.74, 6) is -3.88. The second-order valence-corrected chi connectivity index (χ2v) is 7.66. The summed E-state index contributed by atoms with van der Waals surface area (Å²) in [7, 11) is 1.66. The van der Waals surface area contributed by atoms with Crippen molar-refractivity contribution < 1.29 is 13.6 Å². The molecule has 2 unspecified atom stereocenters. The molecular formula is C19H18ClF2N7O. The van der Waals surface area contributed by atoms with E-state index in [1.807, 2.05) is 0 Å². The Balaban J connectivity index is 1.62. The Morgan fingerprint density at radius 1 is 1.30 bits per heavy atom. The Morgan fingerprint density at radius 3 is 2.67 bits per heavy atom. The molecule has 1 saturated carbocycles. The van der Waals surface area contributed by atoms with E-state index in [9.17, 15) is 13.6 Å². The van der Waals surface area contributed by atoms with Gasteiger partial charge >= 0.3 is 0 Å². The van der Waals surface area contributed by atoms with Crippen molar-refractivity contribution in [3.8, 4) is 11.4 Å². The van der Waals surface area contributed by atoms with Crippen LogP contribution in [0.2, 0.25) is 5.15 Å². The maximum Gasteiger partial charge on any atom is 0.248 e. The largest absolute Gasteiger partial charge is 0.309 e. The van der Waals surface area contributed by atoms with E-state index >= 15 is 0 Å². The molecule has 0 radical (unpaired) electrons.